The average Bonchev–Trinajstić information content (AvgIpc) is 2.15. The quantitative estimate of drug-likeness (QED) is 0.798. The van der Waals surface area contributed by atoms with Crippen LogP contribution in [0.2, 0.25) is 0 Å². The van der Waals surface area contributed by atoms with Gasteiger partial charge in [-0.05, 0) is 12.1 Å². The number of pyridine rings is 1. The zero-order valence-electron chi connectivity index (χ0n) is 8.31. The summed E-state index contributed by atoms with van der Waals surface area (Å²) in [5.74, 6) is 0.625. The lowest BCUT2D eigenvalue weighted by Crippen LogP contribution is -2.40. The van der Waals surface area contributed by atoms with E-state index in [-0.39, 0.29) is 12.4 Å². The average molecular weight is 221 g/mol. The SMILES string of the molecule is Cl.c1ccc2nc(C3CNC3)ccc2c1. The first kappa shape index (κ1) is 10.4. The molecule has 2 aromatic rings. The fraction of sp³-hybridized carbons (Fsp3) is 0.250. The zero-order valence-corrected chi connectivity index (χ0v) is 9.13. The Morgan fingerprint density at radius 1 is 1.07 bits per heavy atom. The smallest absolute Gasteiger partial charge is 0.0705 e. The maximum atomic E-state index is 4.66. The van der Waals surface area contributed by atoms with Crippen LogP contribution in [0.3, 0.4) is 0 Å². The fourth-order valence-corrected chi connectivity index (χ4v) is 1.81. The van der Waals surface area contributed by atoms with Crippen molar-refractivity contribution >= 4 is 23.3 Å². The van der Waals surface area contributed by atoms with E-state index >= 15 is 0 Å². The van der Waals surface area contributed by atoms with Crippen molar-refractivity contribution in [1.29, 1.82) is 0 Å². The predicted molar refractivity (Wildman–Crippen MR) is 64.6 cm³/mol. The molecule has 1 aromatic carbocycles. The molecule has 15 heavy (non-hydrogen) atoms. The van der Waals surface area contributed by atoms with Crippen LogP contribution in [0.4, 0.5) is 0 Å². The van der Waals surface area contributed by atoms with Gasteiger partial charge < -0.3 is 5.32 Å². The Morgan fingerprint density at radius 2 is 1.87 bits per heavy atom. The molecule has 0 bridgehead atoms. The minimum Gasteiger partial charge on any atom is -0.315 e. The van der Waals surface area contributed by atoms with E-state index in [1.165, 1.54) is 11.1 Å². The van der Waals surface area contributed by atoms with Gasteiger partial charge in [-0.2, -0.15) is 0 Å². The maximum absolute atomic E-state index is 4.66. The number of halogens is 1. The van der Waals surface area contributed by atoms with Gasteiger partial charge in [-0.3, -0.25) is 4.98 Å². The molecule has 1 aliphatic rings. The molecule has 1 aromatic heterocycles. The fourth-order valence-electron chi connectivity index (χ4n) is 1.81. The highest BCUT2D eigenvalue weighted by molar-refractivity contribution is 5.85. The highest BCUT2D eigenvalue weighted by atomic mass is 35.5. The summed E-state index contributed by atoms with van der Waals surface area (Å²) < 4.78 is 0. The number of hydrogen-bond donors (Lipinski definition) is 1. The van der Waals surface area contributed by atoms with Crippen LogP contribution in [0.1, 0.15) is 11.6 Å². The van der Waals surface area contributed by atoms with Crippen molar-refractivity contribution < 1.29 is 0 Å². The van der Waals surface area contributed by atoms with Crippen molar-refractivity contribution in [3.63, 3.8) is 0 Å². The molecule has 1 fully saturated rings. The van der Waals surface area contributed by atoms with Gasteiger partial charge in [0.2, 0.25) is 0 Å². The van der Waals surface area contributed by atoms with Crippen LogP contribution in [0.25, 0.3) is 10.9 Å². The molecule has 0 saturated carbocycles. The number of hydrogen-bond acceptors (Lipinski definition) is 2. The van der Waals surface area contributed by atoms with Crippen molar-refractivity contribution in [3.8, 4) is 0 Å². The first-order valence-corrected chi connectivity index (χ1v) is 5.00. The number of fused-ring (bicyclic) bond motifs is 1. The summed E-state index contributed by atoms with van der Waals surface area (Å²) >= 11 is 0. The van der Waals surface area contributed by atoms with E-state index in [1.807, 2.05) is 6.07 Å². The Labute approximate surface area is 95.1 Å². The highest BCUT2D eigenvalue weighted by Gasteiger charge is 2.19. The predicted octanol–water partition coefficient (Wildman–Crippen LogP) is 2.34. The van der Waals surface area contributed by atoms with Crippen molar-refractivity contribution in [2.24, 2.45) is 0 Å². The second-order valence-electron chi connectivity index (χ2n) is 3.78. The van der Waals surface area contributed by atoms with Crippen LogP contribution >= 0.6 is 12.4 Å². The van der Waals surface area contributed by atoms with Crippen molar-refractivity contribution in [1.82, 2.24) is 10.3 Å². The topological polar surface area (TPSA) is 24.9 Å². The van der Waals surface area contributed by atoms with Gasteiger partial charge in [-0.15, -0.1) is 12.4 Å². The van der Waals surface area contributed by atoms with E-state index in [0.29, 0.717) is 5.92 Å². The summed E-state index contributed by atoms with van der Waals surface area (Å²) in [6.07, 6.45) is 0. The monoisotopic (exact) mass is 220 g/mol. The van der Waals surface area contributed by atoms with E-state index in [4.69, 9.17) is 0 Å². The van der Waals surface area contributed by atoms with Crippen molar-refractivity contribution in [2.45, 2.75) is 5.92 Å². The molecular weight excluding hydrogens is 208 g/mol. The van der Waals surface area contributed by atoms with E-state index < -0.39 is 0 Å². The summed E-state index contributed by atoms with van der Waals surface area (Å²) in [5.41, 5.74) is 2.33. The van der Waals surface area contributed by atoms with Crippen LogP contribution in [0.5, 0.6) is 0 Å². The molecule has 1 N–H and O–H groups in total. The van der Waals surface area contributed by atoms with Crippen LogP contribution in [0, 0.1) is 0 Å². The third-order valence-electron chi connectivity index (χ3n) is 2.82. The van der Waals surface area contributed by atoms with Gasteiger partial charge in [-0.25, -0.2) is 0 Å². The Hall–Kier alpha value is -1.12. The van der Waals surface area contributed by atoms with Gasteiger partial charge in [0.25, 0.3) is 0 Å². The first-order valence-electron chi connectivity index (χ1n) is 5.00. The van der Waals surface area contributed by atoms with Crippen molar-refractivity contribution in [2.75, 3.05) is 13.1 Å². The molecule has 78 valence electrons. The molecule has 0 amide bonds. The van der Waals surface area contributed by atoms with Gasteiger partial charge in [0.1, 0.15) is 0 Å². The molecule has 2 heterocycles. The largest absolute Gasteiger partial charge is 0.315 e. The van der Waals surface area contributed by atoms with Crippen LogP contribution < -0.4 is 5.32 Å². The zero-order chi connectivity index (χ0) is 9.38. The van der Waals surface area contributed by atoms with Gasteiger partial charge in [0.05, 0.1) is 5.52 Å². The van der Waals surface area contributed by atoms with Gasteiger partial charge in [0, 0.05) is 30.1 Å². The number of para-hydroxylation sites is 1. The lowest BCUT2D eigenvalue weighted by Gasteiger charge is -2.26. The van der Waals surface area contributed by atoms with E-state index in [1.54, 1.807) is 0 Å². The highest BCUT2D eigenvalue weighted by Crippen LogP contribution is 2.20. The van der Waals surface area contributed by atoms with Gasteiger partial charge >= 0.3 is 0 Å². The lowest BCUT2D eigenvalue weighted by atomic mass is 9.98. The molecule has 0 aliphatic carbocycles. The Balaban J connectivity index is 0.000000853. The molecule has 0 spiro atoms. The lowest BCUT2D eigenvalue weighted by molar-refractivity contribution is 0.441. The summed E-state index contributed by atoms with van der Waals surface area (Å²) in [7, 11) is 0. The van der Waals surface area contributed by atoms with Gasteiger partial charge in [0.15, 0.2) is 0 Å². The normalized spacial score (nSPS) is 15.7. The van der Waals surface area contributed by atoms with Crippen LogP contribution in [-0.4, -0.2) is 18.1 Å². The summed E-state index contributed by atoms with van der Waals surface area (Å²) in [6, 6.07) is 12.6. The molecule has 2 nitrogen and oxygen atoms in total. The molecule has 0 atom stereocenters. The number of nitrogens with one attached hydrogen (secondary N) is 1. The second-order valence-corrected chi connectivity index (χ2v) is 3.78. The van der Waals surface area contributed by atoms with Crippen LogP contribution in [-0.2, 0) is 0 Å². The molecule has 3 rings (SSSR count). The Kier molecular flexibility index (Phi) is 2.89. The number of nitrogens with zero attached hydrogens (tertiary/aromatic N) is 1. The standard InChI is InChI=1S/C12H12N2.ClH/c1-2-4-11-9(3-1)5-6-12(14-11)10-7-13-8-10;/h1-6,10,13H,7-8H2;1H. The second kappa shape index (κ2) is 4.17. The summed E-state index contributed by atoms with van der Waals surface area (Å²) in [4.78, 5) is 4.66. The molecule has 0 unspecified atom stereocenters. The minimum atomic E-state index is 0. The van der Waals surface area contributed by atoms with Crippen molar-refractivity contribution in [3.05, 3.63) is 42.1 Å². The summed E-state index contributed by atoms with van der Waals surface area (Å²) in [6.45, 7) is 2.15. The molecule has 1 saturated heterocycles. The van der Waals surface area contributed by atoms with E-state index in [9.17, 15) is 0 Å². The molecular formula is C12H13ClN2. The van der Waals surface area contributed by atoms with Gasteiger partial charge in [-0.1, -0.05) is 24.3 Å². The minimum absolute atomic E-state index is 0. The van der Waals surface area contributed by atoms with E-state index in [2.05, 4.69) is 40.6 Å². The molecule has 1 aliphatic heterocycles. The third-order valence-corrected chi connectivity index (χ3v) is 2.82. The Morgan fingerprint density at radius 3 is 2.60 bits per heavy atom. The third kappa shape index (κ3) is 1.83. The summed E-state index contributed by atoms with van der Waals surface area (Å²) in [5, 5.41) is 4.49. The number of benzene rings is 1. The molecule has 0 radical (unpaired) electrons. The maximum Gasteiger partial charge on any atom is 0.0705 e. The first-order chi connectivity index (χ1) is 6.93. The van der Waals surface area contributed by atoms with E-state index in [0.717, 1.165) is 18.6 Å². The Bertz CT molecular complexity index is 466. The van der Waals surface area contributed by atoms with Crippen LogP contribution in [0.15, 0.2) is 36.4 Å². The number of aromatic nitrogens is 1. The number of rotatable bonds is 1. The molecule has 3 heteroatoms.